The highest BCUT2D eigenvalue weighted by Gasteiger charge is 2.38. The lowest BCUT2D eigenvalue weighted by Gasteiger charge is -2.24. The SMILES string of the molecule is Cc1c(Cl)c(Cl)cc(Cl)c1OP(=O)(Oc1c(Cl)cc(Cl)c(Cl)c1C)Oc1c(Cl)cc(Cl)c(Cl)c1C. The molecule has 0 bridgehead atoms. The van der Waals surface area contributed by atoms with Gasteiger partial charge < -0.3 is 13.6 Å². The van der Waals surface area contributed by atoms with Crippen molar-refractivity contribution in [1.29, 1.82) is 0 Å². The van der Waals surface area contributed by atoms with Gasteiger partial charge in [-0.05, 0) is 39.0 Å². The highest BCUT2D eigenvalue weighted by molar-refractivity contribution is 7.49. The molecule has 0 fully saturated rings. The smallest absolute Gasteiger partial charge is 0.384 e. The minimum Gasteiger partial charge on any atom is -0.384 e. The summed E-state index contributed by atoms with van der Waals surface area (Å²) in [6.45, 7) is 4.65. The molecule has 0 saturated carbocycles. The minimum absolute atomic E-state index is 0.0155. The van der Waals surface area contributed by atoms with Crippen LogP contribution >= 0.6 is 112 Å². The van der Waals surface area contributed by atoms with Crippen molar-refractivity contribution in [3.05, 3.63) is 80.1 Å². The minimum atomic E-state index is -4.71. The molecule has 3 aromatic carbocycles. The number of rotatable bonds is 6. The number of hydrogen-bond acceptors (Lipinski definition) is 4. The van der Waals surface area contributed by atoms with Gasteiger partial charge in [-0.15, -0.1) is 0 Å². The Morgan fingerprint density at radius 3 is 0.943 bits per heavy atom. The van der Waals surface area contributed by atoms with Gasteiger partial charge >= 0.3 is 7.82 Å². The predicted molar refractivity (Wildman–Crippen MR) is 148 cm³/mol. The number of phosphoric ester groups is 1. The molecule has 35 heavy (non-hydrogen) atoms. The second kappa shape index (κ2) is 11.3. The molecule has 0 aliphatic heterocycles. The Kier molecular flexibility index (Phi) is 9.54. The molecule has 188 valence electrons. The summed E-state index contributed by atoms with van der Waals surface area (Å²) in [6, 6.07) is 3.94. The van der Waals surface area contributed by atoms with E-state index in [9.17, 15) is 4.57 Å². The van der Waals surface area contributed by atoms with Crippen LogP contribution < -0.4 is 13.6 Å². The van der Waals surface area contributed by atoms with Crippen molar-refractivity contribution in [2.24, 2.45) is 0 Å². The molecule has 3 aromatic rings. The molecule has 0 aromatic heterocycles. The van der Waals surface area contributed by atoms with Crippen LogP contribution in [-0.4, -0.2) is 0 Å². The van der Waals surface area contributed by atoms with Crippen LogP contribution in [0.1, 0.15) is 16.7 Å². The molecule has 0 unspecified atom stereocenters. The van der Waals surface area contributed by atoms with Crippen molar-refractivity contribution in [1.82, 2.24) is 0 Å². The van der Waals surface area contributed by atoms with E-state index in [1.807, 2.05) is 0 Å². The highest BCUT2D eigenvalue weighted by atomic mass is 35.5. The van der Waals surface area contributed by atoms with E-state index in [1.165, 1.54) is 18.2 Å². The third-order valence-electron chi connectivity index (χ3n) is 4.66. The molecule has 3 rings (SSSR count). The Balaban J connectivity index is 2.21. The van der Waals surface area contributed by atoms with Gasteiger partial charge in [-0.3, -0.25) is 0 Å². The molecular weight excluding hydrogens is 666 g/mol. The summed E-state index contributed by atoms with van der Waals surface area (Å²) in [5.41, 5.74) is 0.807. The molecule has 0 aliphatic carbocycles. The first-order chi connectivity index (χ1) is 16.2. The van der Waals surface area contributed by atoms with Gasteiger partial charge in [-0.25, -0.2) is 0 Å². The fourth-order valence-corrected chi connectivity index (χ4v) is 6.68. The Morgan fingerprint density at radius 1 is 0.486 bits per heavy atom. The van der Waals surface area contributed by atoms with E-state index in [0.29, 0.717) is 0 Å². The Morgan fingerprint density at radius 2 is 0.714 bits per heavy atom. The molecule has 0 aliphatic rings. The maximum Gasteiger partial charge on any atom is 0.647 e. The highest BCUT2D eigenvalue weighted by Crippen LogP contribution is 2.57. The molecule has 4 nitrogen and oxygen atoms in total. The van der Waals surface area contributed by atoms with Crippen LogP contribution in [0.25, 0.3) is 0 Å². The van der Waals surface area contributed by atoms with E-state index in [2.05, 4.69) is 0 Å². The van der Waals surface area contributed by atoms with Gasteiger partial charge in [0.2, 0.25) is 0 Å². The van der Waals surface area contributed by atoms with Crippen molar-refractivity contribution >= 4 is 112 Å². The molecule has 0 N–H and O–H groups in total. The molecule has 14 heteroatoms. The maximum atomic E-state index is 14.2. The van der Waals surface area contributed by atoms with Gasteiger partial charge in [0.25, 0.3) is 0 Å². The summed E-state index contributed by atoms with van der Waals surface area (Å²) >= 11 is 55.8. The van der Waals surface area contributed by atoms with Crippen molar-refractivity contribution in [3.8, 4) is 17.2 Å². The van der Waals surface area contributed by atoms with Crippen LogP contribution in [0.15, 0.2) is 18.2 Å². The molecule has 0 atom stereocenters. The first-order valence-electron chi connectivity index (χ1n) is 9.28. The monoisotopic (exact) mass is 674 g/mol. The van der Waals surface area contributed by atoms with Crippen LogP contribution in [0.3, 0.4) is 0 Å². The van der Waals surface area contributed by atoms with Gasteiger partial charge in [0.1, 0.15) is 0 Å². The van der Waals surface area contributed by atoms with Gasteiger partial charge in [0.15, 0.2) is 17.2 Å². The summed E-state index contributed by atoms with van der Waals surface area (Å²) < 4.78 is 31.4. The van der Waals surface area contributed by atoms with Crippen LogP contribution in [0.4, 0.5) is 0 Å². The van der Waals surface area contributed by atoms with E-state index in [-0.39, 0.29) is 79.1 Å². The van der Waals surface area contributed by atoms with E-state index in [4.69, 9.17) is 118 Å². The zero-order valence-electron chi connectivity index (χ0n) is 17.7. The predicted octanol–water partition coefficient (Wildman–Crippen LogP) is 12.1. The summed E-state index contributed by atoms with van der Waals surface area (Å²) in [5.74, 6) is -0.355. The second-order valence-electron chi connectivity index (χ2n) is 7.05. The fraction of sp³-hybridized carbons (Fsp3) is 0.143. The lowest BCUT2D eigenvalue weighted by atomic mass is 10.2. The molecule has 0 spiro atoms. The zero-order valence-corrected chi connectivity index (χ0v) is 25.4. The van der Waals surface area contributed by atoms with Gasteiger partial charge in [0.05, 0.1) is 45.2 Å². The molecule has 0 amide bonds. The van der Waals surface area contributed by atoms with Crippen LogP contribution in [-0.2, 0) is 4.57 Å². The van der Waals surface area contributed by atoms with E-state index in [0.717, 1.165) is 0 Å². The summed E-state index contributed by atoms with van der Waals surface area (Å²) in [4.78, 5) is 0. The summed E-state index contributed by atoms with van der Waals surface area (Å²) in [7, 11) is -4.71. The van der Waals surface area contributed by atoms with Crippen molar-refractivity contribution in [2.75, 3.05) is 0 Å². The summed E-state index contributed by atoms with van der Waals surface area (Å²) in [5, 5.41) is 0.773. The number of phosphoric acid groups is 1. The topological polar surface area (TPSA) is 44.8 Å². The molecule has 0 heterocycles. The average Bonchev–Trinajstić information content (AvgIpc) is 2.78. The van der Waals surface area contributed by atoms with Crippen molar-refractivity contribution < 1.29 is 18.1 Å². The zero-order chi connectivity index (χ0) is 26.4. The summed E-state index contributed by atoms with van der Waals surface area (Å²) in [6.07, 6.45) is 0. The van der Waals surface area contributed by atoms with Gasteiger partial charge in [0, 0.05) is 16.7 Å². The first-order valence-corrected chi connectivity index (χ1v) is 14.1. The normalized spacial score (nSPS) is 11.5. The first kappa shape index (κ1) is 29.5. The third-order valence-corrected chi connectivity index (χ3v) is 9.37. The average molecular weight is 678 g/mol. The van der Waals surface area contributed by atoms with Crippen molar-refractivity contribution in [2.45, 2.75) is 20.8 Å². The molecule has 0 radical (unpaired) electrons. The molecular formula is C21H12Cl9O4P. The van der Waals surface area contributed by atoms with Crippen molar-refractivity contribution in [3.63, 3.8) is 0 Å². The number of halogens is 9. The number of hydrogen-bond donors (Lipinski definition) is 0. The standard InChI is InChI=1S/C21H12Cl9O4P/c1-7-16(28)10(22)4-13(25)19(7)32-35(31,33-20-8(2)17(29)11(23)5-14(20)26)34-21-9(3)18(30)12(24)6-15(21)27/h4-6H,1-3H3. The Bertz CT molecular complexity index is 1230. The largest absolute Gasteiger partial charge is 0.647 e. The second-order valence-corrected chi connectivity index (χ2v) is 12.1. The van der Waals surface area contributed by atoms with E-state index in [1.54, 1.807) is 20.8 Å². The maximum absolute atomic E-state index is 14.2. The van der Waals surface area contributed by atoms with E-state index >= 15 is 0 Å². The number of benzene rings is 3. The Hall–Kier alpha value is -0.100. The lowest BCUT2D eigenvalue weighted by Crippen LogP contribution is -2.11. The third kappa shape index (κ3) is 6.15. The van der Waals surface area contributed by atoms with Gasteiger partial charge in [-0.2, -0.15) is 4.57 Å². The lowest BCUT2D eigenvalue weighted by molar-refractivity contribution is 0.296. The van der Waals surface area contributed by atoms with Crippen LogP contribution in [0, 0.1) is 20.8 Å². The van der Waals surface area contributed by atoms with Crippen LogP contribution in [0.2, 0.25) is 45.2 Å². The fourth-order valence-electron chi connectivity index (χ4n) is 2.82. The van der Waals surface area contributed by atoms with E-state index < -0.39 is 7.82 Å². The van der Waals surface area contributed by atoms with Crippen LogP contribution in [0.5, 0.6) is 17.2 Å². The van der Waals surface area contributed by atoms with Gasteiger partial charge in [-0.1, -0.05) is 104 Å². The quantitative estimate of drug-likeness (QED) is 0.192. The molecule has 0 saturated heterocycles. The Labute approximate surface area is 246 Å².